The molecule has 1 aromatic heterocycles. The molecule has 0 saturated carbocycles. The van der Waals surface area contributed by atoms with Crippen LogP contribution in [0.2, 0.25) is 0 Å². The number of halogens is 1. The summed E-state index contributed by atoms with van der Waals surface area (Å²) in [5, 5.41) is 0. The van der Waals surface area contributed by atoms with E-state index in [2.05, 4.69) is 4.98 Å². The summed E-state index contributed by atoms with van der Waals surface area (Å²) in [6.07, 6.45) is 0.668. The van der Waals surface area contributed by atoms with E-state index >= 15 is 0 Å². The SMILES string of the molecule is CN1CCC(n2c(N)nc3ccc(F)cc32)C1=O. The number of imidazole rings is 1. The molecule has 1 aromatic carbocycles. The largest absolute Gasteiger partial charge is 0.369 e. The Balaban J connectivity index is 2.19. The Labute approximate surface area is 103 Å². The molecular formula is C12H13FN4O. The van der Waals surface area contributed by atoms with Crippen LogP contribution in [0.4, 0.5) is 10.3 Å². The number of fused-ring (bicyclic) bond motifs is 1. The van der Waals surface area contributed by atoms with Crippen LogP contribution >= 0.6 is 0 Å². The summed E-state index contributed by atoms with van der Waals surface area (Å²) in [6, 6.07) is 3.90. The molecule has 1 unspecified atom stereocenters. The lowest BCUT2D eigenvalue weighted by atomic mass is 10.2. The van der Waals surface area contributed by atoms with Crippen molar-refractivity contribution >= 4 is 22.9 Å². The molecule has 0 bridgehead atoms. The Morgan fingerprint density at radius 3 is 2.94 bits per heavy atom. The van der Waals surface area contributed by atoms with Crippen molar-refractivity contribution in [3.8, 4) is 0 Å². The van der Waals surface area contributed by atoms with Gasteiger partial charge >= 0.3 is 0 Å². The molecule has 3 rings (SSSR count). The third-order valence-electron chi connectivity index (χ3n) is 3.39. The van der Waals surface area contributed by atoms with E-state index in [1.54, 1.807) is 22.6 Å². The highest BCUT2D eigenvalue weighted by atomic mass is 19.1. The van der Waals surface area contributed by atoms with Crippen LogP contribution in [-0.4, -0.2) is 34.0 Å². The van der Waals surface area contributed by atoms with Crippen molar-refractivity contribution in [3.05, 3.63) is 24.0 Å². The zero-order chi connectivity index (χ0) is 12.9. The predicted molar refractivity (Wildman–Crippen MR) is 65.4 cm³/mol. The lowest BCUT2D eigenvalue weighted by Gasteiger charge is -2.14. The van der Waals surface area contributed by atoms with Gasteiger partial charge in [0.25, 0.3) is 0 Å². The van der Waals surface area contributed by atoms with Gasteiger partial charge in [-0.2, -0.15) is 0 Å². The molecule has 6 heteroatoms. The number of likely N-dealkylation sites (N-methyl/N-ethyl adjacent to an activating group) is 1. The van der Waals surface area contributed by atoms with E-state index < -0.39 is 0 Å². The highest BCUT2D eigenvalue weighted by molar-refractivity contribution is 5.87. The van der Waals surface area contributed by atoms with E-state index in [9.17, 15) is 9.18 Å². The van der Waals surface area contributed by atoms with E-state index in [-0.39, 0.29) is 23.7 Å². The van der Waals surface area contributed by atoms with Gasteiger partial charge in [0.15, 0.2) is 0 Å². The van der Waals surface area contributed by atoms with Gasteiger partial charge in [-0.1, -0.05) is 0 Å². The maximum absolute atomic E-state index is 13.3. The smallest absolute Gasteiger partial charge is 0.245 e. The monoisotopic (exact) mass is 248 g/mol. The zero-order valence-electron chi connectivity index (χ0n) is 9.93. The highest BCUT2D eigenvalue weighted by Crippen LogP contribution is 2.29. The molecule has 18 heavy (non-hydrogen) atoms. The van der Waals surface area contributed by atoms with E-state index in [0.29, 0.717) is 24.0 Å². The molecule has 1 atom stereocenters. The number of hydrogen-bond donors (Lipinski definition) is 1. The number of amides is 1. The van der Waals surface area contributed by atoms with Gasteiger partial charge < -0.3 is 10.6 Å². The maximum Gasteiger partial charge on any atom is 0.245 e. The van der Waals surface area contributed by atoms with Crippen molar-refractivity contribution in [2.75, 3.05) is 19.3 Å². The van der Waals surface area contributed by atoms with Crippen LogP contribution in [0.3, 0.4) is 0 Å². The summed E-state index contributed by atoms with van der Waals surface area (Å²) < 4.78 is 14.9. The summed E-state index contributed by atoms with van der Waals surface area (Å²) in [4.78, 5) is 17.8. The molecule has 2 N–H and O–H groups in total. The van der Waals surface area contributed by atoms with Gasteiger partial charge in [-0.15, -0.1) is 0 Å². The van der Waals surface area contributed by atoms with E-state index in [1.165, 1.54) is 12.1 Å². The number of carbonyl (C=O) groups excluding carboxylic acids is 1. The summed E-state index contributed by atoms with van der Waals surface area (Å²) in [6.45, 7) is 0.679. The fraction of sp³-hybridized carbons (Fsp3) is 0.333. The summed E-state index contributed by atoms with van der Waals surface area (Å²) in [5.41, 5.74) is 7.03. The van der Waals surface area contributed by atoms with Gasteiger partial charge in [0.2, 0.25) is 11.9 Å². The average molecular weight is 248 g/mol. The molecule has 1 fully saturated rings. The fourth-order valence-corrected chi connectivity index (χ4v) is 2.46. The number of aromatic nitrogens is 2. The van der Waals surface area contributed by atoms with Crippen LogP contribution in [0.15, 0.2) is 18.2 Å². The molecule has 94 valence electrons. The lowest BCUT2D eigenvalue weighted by molar-refractivity contribution is -0.129. The number of rotatable bonds is 1. The van der Waals surface area contributed by atoms with E-state index in [0.717, 1.165) is 0 Å². The van der Waals surface area contributed by atoms with Crippen LogP contribution in [-0.2, 0) is 4.79 Å². The molecule has 2 heterocycles. The van der Waals surface area contributed by atoms with Gasteiger partial charge in [-0.05, 0) is 24.6 Å². The molecule has 0 aliphatic carbocycles. The van der Waals surface area contributed by atoms with Crippen LogP contribution in [0.5, 0.6) is 0 Å². The molecule has 1 saturated heterocycles. The molecule has 1 amide bonds. The predicted octanol–water partition coefficient (Wildman–Crippen LogP) is 1.16. The second-order valence-corrected chi connectivity index (χ2v) is 4.54. The fourth-order valence-electron chi connectivity index (χ4n) is 2.46. The molecule has 5 nitrogen and oxygen atoms in total. The number of benzene rings is 1. The molecule has 1 aliphatic rings. The summed E-state index contributed by atoms with van der Waals surface area (Å²) in [7, 11) is 1.75. The van der Waals surface area contributed by atoms with Crippen molar-refractivity contribution in [2.24, 2.45) is 0 Å². The first-order valence-corrected chi connectivity index (χ1v) is 5.76. The second kappa shape index (κ2) is 3.69. The molecule has 0 radical (unpaired) electrons. The van der Waals surface area contributed by atoms with Crippen LogP contribution in [0, 0.1) is 5.82 Å². The zero-order valence-corrected chi connectivity index (χ0v) is 9.93. The standard InChI is InChI=1S/C12H13FN4O/c1-16-5-4-9(11(16)18)17-10-6-7(13)2-3-8(10)15-12(17)14/h2-3,6,9H,4-5H2,1H3,(H2,14,15). The van der Waals surface area contributed by atoms with Crippen molar-refractivity contribution in [1.82, 2.24) is 14.5 Å². The quantitative estimate of drug-likeness (QED) is 0.823. The molecular weight excluding hydrogens is 235 g/mol. The number of anilines is 1. The number of nitrogens with two attached hydrogens (primary N) is 1. The Morgan fingerprint density at radius 2 is 2.28 bits per heavy atom. The Bertz CT molecular complexity index is 636. The third kappa shape index (κ3) is 1.45. The normalized spacial score (nSPS) is 20.0. The average Bonchev–Trinajstić information content (AvgIpc) is 2.81. The number of carbonyl (C=O) groups is 1. The Morgan fingerprint density at radius 1 is 1.50 bits per heavy atom. The van der Waals surface area contributed by atoms with Crippen LogP contribution in [0.1, 0.15) is 12.5 Å². The van der Waals surface area contributed by atoms with Crippen molar-refractivity contribution in [1.29, 1.82) is 0 Å². The van der Waals surface area contributed by atoms with Crippen molar-refractivity contribution < 1.29 is 9.18 Å². The lowest BCUT2D eigenvalue weighted by Crippen LogP contribution is -2.25. The number of hydrogen-bond acceptors (Lipinski definition) is 3. The Kier molecular flexibility index (Phi) is 2.26. The minimum Gasteiger partial charge on any atom is -0.369 e. The number of nitrogen functional groups attached to an aromatic ring is 1. The molecule has 2 aromatic rings. The second-order valence-electron chi connectivity index (χ2n) is 4.54. The third-order valence-corrected chi connectivity index (χ3v) is 3.39. The van der Waals surface area contributed by atoms with Gasteiger partial charge in [0.1, 0.15) is 11.9 Å². The van der Waals surface area contributed by atoms with Gasteiger partial charge in [0.05, 0.1) is 11.0 Å². The number of likely N-dealkylation sites (tertiary alicyclic amines) is 1. The topological polar surface area (TPSA) is 64.2 Å². The summed E-state index contributed by atoms with van der Waals surface area (Å²) in [5.74, 6) is -0.114. The van der Waals surface area contributed by atoms with Crippen LogP contribution in [0.25, 0.3) is 11.0 Å². The Hall–Kier alpha value is -2.11. The first-order valence-electron chi connectivity index (χ1n) is 5.76. The number of nitrogens with zero attached hydrogens (tertiary/aromatic N) is 3. The van der Waals surface area contributed by atoms with Crippen molar-refractivity contribution in [2.45, 2.75) is 12.5 Å². The minimum atomic E-state index is -0.373. The summed E-state index contributed by atoms with van der Waals surface area (Å²) >= 11 is 0. The van der Waals surface area contributed by atoms with Crippen LogP contribution < -0.4 is 5.73 Å². The van der Waals surface area contributed by atoms with Gasteiger partial charge in [-0.25, -0.2) is 9.37 Å². The van der Waals surface area contributed by atoms with Gasteiger partial charge in [-0.3, -0.25) is 9.36 Å². The van der Waals surface area contributed by atoms with Crippen molar-refractivity contribution in [3.63, 3.8) is 0 Å². The highest BCUT2D eigenvalue weighted by Gasteiger charge is 2.32. The molecule has 1 aliphatic heterocycles. The van der Waals surface area contributed by atoms with Gasteiger partial charge in [0, 0.05) is 13.6 Å². The maximum atomic E-state index is 13.3. The first-order chi connectivity index (χ1) is 8.58. The van der Waals surface area contributed by atoms with E-state index in [1.807, 2.05) is 0 Å². The van der Waals surface area contributed by atoms with E-state index in [4.69, 9.17) is 5.73 Å². The molecule has 0 spiro atoms. The first kappa shape index (κ1) is 11.0. The minimum absolute atomic E-state index is 0.00902.